The average molecular weight is 479 g/mol. The summed E-state index contributed by atoms with van der Waals surface area (Å²) < 4.78 is 25.1. The van der Waals surface area contributed by atoms with Crippen LogP contribution in [-0.2, 0) is 13.0 Å². The van der Waals surface area contributed by atoms with E-state index in [-0.39, 0.29) is 12.4 Å². The molecule has 5 nitrogen and oxygen atoms in total. The van der Waals surface area contributed by atoms with Crippen molar-refractivity contribution in [1.82, 2.24) is 0 Å². The first-order valence-electron chi connectivity index (χ1n) is 9.44. The molecular formula is C22H21BrClNO4. The van der Waals surface area contributed by atoms with Crippen molar-refractivity contribution in [3.8, 4) is 34.3 Å². The number of hydrogen-bond acceptors (Lipinski definition) is 4. The number of methoxy groups -OCH3 is 1. The molecule has 0 unspecified atom stereocenters. The smallest absolute Gasteiger partial charge is 0.231 e. The van der Waals surface area contributed by atoms with E-state index in [1.54, 1.807) is 7.11 Å². The number of hydrogen-bond donors (Lipinski definition) is 0. The van der Waals surface area contributed by atoms with E-state index >= 15 is 0 Å². The van der Waals surface area contributed by atoms with Gasteiger partial charge in [0.1, 0.15) is 0 Å². The van der Waals surface area contributed by atoms with E-state index in [1.807, 2.05) is 6.07 Å². The van der Waals surface area contributed by atoms with E-state index in [1.165, 1.54) is 16.8 Å². The molecule has 0 saturated carbocycles. The summed E-state index contributed by atoms with van der Waals surface area (Å²) >= 11 is 3.46. The zero-order valence-corrected chi connectivity index (χ0v) is 18.4. The van der Waals surface area contributed by atoms with E-state index in [0.29, 0.717) is 13.4 Å². The van der Waals surface area contributed by atoms with Crippen LogP contribution in [0, 0.1) is 0 Å². The molecule has 3 heterocycles. The molecule has 0 bridgehead atoms. The topological polar surface area (TPSA) is 40.8 Å². The van der Waals surface area contributed by atoms with Crippen molar-refractivity contribution in [3.63, 3.8) is 0 Å². The first-order valence-corrected chi connectivity index (χ1v) is 10.6. The minimum Gasteiger partial charge on any atom is -1.00 e. The molecule has 0 N–H and O–H groups in total. The van der Waals surface area contributed by atoms with Crippen molar-refractivity contribution in [3.05, 3.63) is 42.1 Å². The predicted molar refractivity (Wildman–Crippen MR) is 110 cm³/mol. The van der Waals surface area contributed by atoms with Crippen LogP contribution in [0.4, 0.5) is 0 Å². The number of ether oxygens (including phenoxy) is 4. The van der Waals surface area contributed by atoms with Crippen LogP contribution in [0.5, 0.6) is 23.0 Å². The van der Waals surface area contributed by atoms with E-state index < -0.39 is 0 Å². The van der Waals surface area contributed by atoms with Gasteiger partial charge in [-0.1, -0.05) is 15.9 Å². The van der Waals surface area contributed by atoms with E-state index in [0.717, 1.165) is 58.5 Å². The monoisotopic (exact) mass is 477 g/mol. The first-order chi connectivity index (χ1) is 13.8. The summed E-state index contributed by atoms with van der Waals surface area (Å²) in [6.45, 7) is 1.86. The molecular weight excluding hydrogens is 458 g/mol. The highest BCUT2D eigenvalue weighted by atomic mass is 79.9. The largest absolute Gasteiger partial charge is 1.00 e. The summed E-state index contributed by atoms with van der Waals surface area (Å²) in [4.78, 5) is 0. The minimum atomic E-state index is 0. The number of aromatic nitrogens is 1. The Bertz CT molecular complexity index is 1070. The van der Waals surface area contributed by atoms with Crippen molar-refractivity contribution in [2.75, 3.05) is 25.8 Å². The fourth-order valence-corrected chi connectivity index (χ4v) is 4.16. The normalized spacial score (nSPS) is 13.4. The van der Waals surface area contributed by atoms with Crippen LogP contribution in [0.2, 0.25) is 0 Å². The van der Waals surface area contributed by atoms with Gasteiger partial charge in [0.05, 0.1) is 24.7 Å². The SMILES string of the molecule is COc1ccc2cc3[n+](cc2c1OCCCBr)CCc1cc2c(cc1-3)OCO2.[Cl-]. The Hall–Kier alpha value is -2.18. The molecule has 29 heavy (non-hydrogen) atoms. The summed E-state index contributed by atoms with van der Waals surface area (Å²) in [5, 5.41) is 3.12. The Balaban J connectivity index is 0.00000205. The molecule has 3 aromatic rings. The lowest BCUT2D eigenvalue weighted by Crippen LogP contribution is -3.00. The van der Waals surface area contributed by atoms with Gasteiger partial charge in [0.15, 0.2) is 35.7 Å². The predicted octanol–water partition coefficient (Wildman–Crippen LogP) is 1.26. The highest BCUT2D eigenvalue weighted by molar-refractivity contribution is 9.09. The molecule has 7 heteroatoms. The molecule has 2 aliphatic heterocycles. The molecule has 0 spiro atoms. The highest BCUT2D eigenvalue weighted by Crippen LogP contribution is 2.41. The van der Waals surface area contributed by atoms with Gasteiger partial charge in [-0.25, -0.2) is 0 Å². The quantitative estimate of drug-likeness (QED) is 0.315. The van der Waals surface area contributed by atoms with Crippen LogP contribution < -0.4 is 35.9 Å². The van der Waals surface area contributed by atoms with Crippen molar-refractivity contribution >= 4 is 26.7 Å². The number of aryl methyl sites for hydroxylation is 2. The number of rotatable bonds is 5. The van der Waals surface area contributed by atoms with E-state index in [2.05, 4.69) is 51.0 Å². The summed E-state index contributed by atoms with van der Waals surface area (Å²) in [6, 6.07) is 10.5. The van der Waals surface area contributed by atoms with Crippen molar-refractivity contribution in [2.24, 2.45) is 0 Å². The van der Waals surface area contributed by atoms with E-state index in [9.17, 15) is 0 Å². The lowest BCUT2D eigenvalue weighted by Gasteiger charge is -2.18. The number of benzene rings is 2. The number of alkyl halides is 1. The number of fused-ring (bicyclic) bond motifs is 5. The Morgan fingerprint density at radius 2 is 1.97 bits per heavy atom. The van der Waals surface area contributed by atoms with Crippen molar-refractivity contribution < 1.29 is 35.9 Å². The molecule has 0 aliphatic carbocycles. The Labute approximate surface area is 184 Å². The fourth-order valence-electron chi connectivity index (χ4n) is 3.94. The van der Waals surface area contributed by atoms with Gasteiger partial charge in [-0.15, -0.1) is 0 Å². The van der Waals surface area contributed by atoms with Gasteiger partial charge in [0.2, 0.25) is 12.5 Å². The lowest BCUT2D eigenvalue weighted by molar-refractivity contribution is -0.686. The zero-order valence-electron chi connectivity index (χ0n) is 16.0. The van der Waals surface area contributed by atoms with Crippen LogP contribution >= 0.6 is 15.9 Å². The second-order valence-electron chi connectivity index (χ2n) is 6.96. The van der Waals surface area contributed by atoms with Crippen molar-refractivity contribution in [2.45, 2.75) is 19.4 Å². The van der Waals surface area contributed by atoms with Gasteiger partial charge < -0.3 is 31.4 Å². The molecule has 0 atom stereocenters. The van der Waals surface area contributed by atoms with Gasteiger partial charge >= 0.3 is 0 Å². The summed E-state index contributed by atoms with van der Waals surface area (Å²) in [7, 11) is 1.68. The maximum Gasteiger partial charge on any atom is 0.231 e. The molecule has 1 aromatic heterocycles. The third kappa shape index (κ3) is 3.49. The molecule has 0 saturated heterocycles. The highest BCUT2D eigenvalue weighted by Gasteiger charge is 2.28. The summed E-state index contributed by atoms with van der Waals surface area (Å²) in [5.41, 5.74) is 3.68. The van der Waals surface area contributed by atoms with Crippen LogP contribution in [0.15, 0.2) is 36.5 Å². The third-order valence-corrected chi connectivity index (χ3v) is 5.88. The Morgan fingerprint density at radius 3 is 2.76 bits per heavy atom. The number of pyridine rings is 1. The zero-order chi connectivity index (χ0) is 19.1. The first kappa shape index (κ1) is 20.1. The minimum absolute atomic E-state index is 0. The third-order valence-electron chi connectivity index (χ3n) is 5.32. The van der Waals surface area contributed by atoms with Gasteiger partial charge in [-0.2, -0.15) is 4.57 Å². The van der Waals surface area contributed by atoms with Crippen LogP contribution in [-0.4, -0.2) is 25.8 Å². The number of halogens is 2. The van der Waals surface area contributed by atoms with Gasteiger partial charge in [0.25, 0.3) is 0 Å². The van der Waals surface area contributed by atoms with E-state index in [4.69, 9.17) is 18.9 Å². The standard InChI is InChI=1S/C22H21BrNO4.ClH/c1-25-19-4-3-14-9-18-16-11-21-20(27-13-28-21)10-15(16)5-7-24(18)12-17(14)22(19)26-8-2-6-23;/h3-4,9-12H,2,5-8,13H2,1H3;1H/q+1;/p-1. The maximum atomic E-state index is 6.10. The number of nitrogens with zero attached hydrogens (tertiary/aromatic N) is 1. The van der Waals surface area contributed by atoms with Crippen molar-refractivity contribution in [1.29, 1.82) is 0 Å². The van der Waals surface area contributed by atoms with Crippen LogP contribution in [0.3, 0.4) is 0 Å². The maximum absolute atomic E-state index is 6.10. The van der Waals surface area contributed by atoms with Gasteiger partial charge in [0, 0.05) is 17.8 Å². The molecule has 5 rings (SSSR count). The Morgan fingerprint density at radius 1 is 1.14 bits per heavy atom. The fraction of sp³-hybridized carbons (Fsp3) is 0.318. The summed E-state index contributed by atoms with van der Waals surface area (Å²) in [6.07, 6.45) is 4.08. The average Bonchev–Trinajstić information content (AvgIpc) is 3.18. The second-order valence-corrected chi connectivity index (χ2v) is 7.75. The summed E-state index contributed by atoms with van der Waals surface area (Å²) in [5.74, 6) is 3.25. The van der Waals surface area contributed by atoms with Crippen LogP contribution in [0.25, 0.3) is 22.0 Å². The second kappa shape index (κ2) is 8.28. The van der Waals surface area contributed by atoms with Gasteiger partial charge in [-0.05, 0) is 41.6 Å². The molecule has 0 amide bonds. The molecule has 0 fully saturated rings. The molecule has 152 valence electrons. The molecule has 2 aromatic carbocycles. The lowest BCUT2D eigenvalue weighted by atomic mass is 9.95. The molecule has 0 radical (unpaired) electrons. The Kier molecular flexibility index (Phi) is 5.74. The van der Waals surface area contributed by atoms with Crippen LogP contribution in [0.1, 0.15) is 12.0 Å². The molecule has 2 aliphatic rings. The van der Waals surface area contributed by atoms with Gasteiger partial charge in [-0.3, -0.25) is 0 Å².